The normalized spacial score (nSPS) is 14.9. The molecule has 1 fully saturated rings. The summed E-state index contributed by atoms with van der Waals surface area (Å²) in [5.74, 6) is -0.179. The van der Waals surface area contributed by atoms with Gasteiger partial charge < -0.3 is 4.74 Å². The summed E-state index contributed by atoms with van der Waals surface area (Å²) in [4.78, 5) is 12.7. The Labute approximate surface area is 192 Å². The van der Waals surface area contributed by atoms with Gasteiger partial charge >= 0.3 is 0 Å². The van der Waals surface area contributed by atoms with Gasteiger partial charge in [0.1, 0.15) is 5.82 Å². The van der Waals surface area contributed by atoms with Crippen LogP contribution >= 0.6 is 23.1 Å². The van der Waals surface area contributed by atoms with Crippen molar-refractivity contribution in [2.75, 3.05) is 31.6 Å². The maximum Gasteiger partial charge on any atom is 0.257 e. The first-order valence-electron chi connectivity index (χ1n) is 9.62. The number of carbonyl (C=O) groups is 1. The molecule has 0 saturated carbocycles. The quantitative estimate of drug-likeness (QED) is 0.397. The van der Waals surface area contributed by atoms with E-state index in [4.69, 9.17) is 4.74 Å². The first-order valence-corrected chi connectivity index (χ1v) is 12.9. The molecular weight excluding hydrogens is 475 g/mol. The number of halogens is 1. The highest BCUT2D eigenvalue weighted by molar-refractivity contribution is 8.00. The number of nitrogens with zero attached hydrogens (tertiary/aromatic N) is 3. The number of anilines is 1. The number of ether oxygens (including phenoxy) is 1. The molecule has 4 rings (SSSR count). The van der Waals surface area contributed by atoms with Crippen LogP contribution in [0.4, 0.5) is 9.52 Å². The van der Waals surface area contributed by atoms with Crippen LogP contribution in [0.2, 0.25) is 0 Å². The maximum atomic E-state index is 13.0. The smallest absolute Gasteiger partial charge is 0.257 e. The second-order valence-electron chi connectivity index (χ2n) is 6.79. The molecule has 168 valence electrons. The van der Waals surface area contributed by atoms with E-state index in [-0.39, 0.29) is 29.4 Å². The first kappa shape index (κ1) is 22.8. The summed E-state index contributed by atoms with van der Waals surface area (Å²) >= 11 is 2.63. The van der Waals surface area contributed by atoms with Crippen LogP contribution in [-0.4, -0.2) is 55.1 Å². The van der Waals surface area contributed by atoms with E-state index < -0.39 is 15.9 Å². The Morgan fingerprint density at radius 1 is 1.16 bits per heavy atom. The molecule has 0 aliphatic carbocycles. The third-order valence-electron chi connectivity index (χ3n) is 4.61. The summed E-state index contributed by atoms with van der Waals surface area (Å²) in [6.45, 7) is 1.25. The molecule has 3 aromatic rings. The molecule has 1 saturated heterocycles. The monoisotopic (exact) mass is 494 g/mol. The molecule has 2 aromatic carbocycles. The van der Waals surface area contributed by atoms with Gasteiger partial charge in [-0.05, 0) is 35.9 Å². The van der Waals surface area contributed by atoms with E-state index >= 15 is 0 Å². The van der Waals surface area contributed by atoms with E-state index in [1.807, 2.05) is 0 Å². The molecule has 12 heteroatoms. The van der Waals surface area contributed by atoms with Gasteiger partial charge in [-0.1, -0.05) is 41.3 Å². The fourth-order valence-electron chi connectivity index (χ4n) is 2.95. The zero-order valence-electron chi connectivity index (χ0n) is 16.7. The fraction of sp³-hybridized carbons (Fsp3) is 0.250. The Morgan fingerprint density at radius 3 is 2.66 bits per heavy atom. The van der Waals surface area contributed by atoms with Crippen LogP contribution < -0.4 is 5.32 Å². The Morgan fingerprint density at radius 2 is 1.91 bits per heavy atom. The standard InChI is InChI=1S/C20H19FN4O4S3/c21-16-6-4-14(5-7-16)13-30-20-24-23-19(31-20)22-18(26)15-2-1-3-17(12-15)32(27,28)25-8-10-29-11-9-25/h1-7,12H,8-11,13H2,(H,22,23,26). The first-order chi connectivity index (χ1) is 15.4. The van der Waals surface area contributed by atoms with Crippen LogP contribution in [0, 0.1) is 5.82 Å². The van der Waals surface area contributed by atoms with E-state index in [9.17, 15) is 17.6 Å². The third kappa shape index (κ3) is 5.51. The van der Waals surface area contributed by atoms with Crippen molar-refractivity contribution in [3.8, 4) is 0 Å². The van der Waals surface area contributed by atoms with Gasteiger partial charge in [0.15, 0.2) is 4.34 Å². The van der Waals surface area contributed by atoms with Crippen molar-refractivity contribution in [3.63, 3.8) is 0 Å². The van der Waals surface area contributed by atoms with Crippen LogP contribution in [0.25, 0.3) is 0 Å². The predicted octanol–water partition coefficient (Wildman–Crippen LogP) is 3.24. The lowest BCUT2D eigenvalue weighted by atomic mass is 10.2. The number of sulfonamides is 1. The number of carbonyl (C=O) groups excluding carboxylic acids is 1. The van der Waals surface area contributed by atoms with Gasteiger partial charge in [-0.3, -0.25) is 10.1 Å². The number of nitrogens with one attached hydrogen (secondary N) is 1. The second-order valence-corrected chi connectivity index (χ2v) is 10.9. The van der Waals surface area contributed by atoms with Gasteiger partial charge in [-0.2, -0.15) is 4.31 Å². The fourth-order valence-corrected chi connectivity index (χ4v) is 6.10. The Balaban J connectivity index is 1.40. The zero-order valence-corrected chi connectivity index (χ0v) is 19.2. The van der Waals surface area contributed by atoms with Crippen molar-refractivity contribution in [2.45, 2.75) is 15.0 Å². The van der Waals surface area contributed by atoms with Crippen LogP contribution in [0.3, 0.4) is 0 Å². The molecule has 1 N–H and O–H groups in total. The minimum absolute atomic E-state index is 0.0554. The Bertz CT molecular complexity index is 1200. The molecule has 2 heterocycles. The number of rotatable bonds is 7. The number of morpholine rings is 1. The molecule has 0 radical (unpaired) electrons. The number of hydrogen-bond acceptors (Lipinski definition) is 8. The summed E-state index contributed by atoms with van der Waals surface area (Å²) in [6.07, 6.45) is 0. The molecule has 0 unspecified atom stereocenters. The van der Waals surface area contributed by atoms with E-state index in [0.29, 0.717) is 28.4 Å². The maximum absolute atomic E-state index is 13.0. The molecule has 1 amide bonds. The van der Waals surface area contributed by atoms with E-state index in [1.54, 1.807) is 18.2 Å². The van der Waals surface area contributed by atoms with Gasteiger partial charge in [-0.15, -0.1) is 10.2 Å². The van der Waals surface area contributed by atoms with Gasteiger partial charge in [0.2, 0.25) is 15.2 Å². The van der Waals surface area contributed by atoms with Gasteiger partial charge in [0.05, 0.1) is 18.1 Å². The van der Waals surface area contributed by atoms with Gasteiger partial charge in [0, 0.05) is 24.4 Å². The zero-order chi connectivity index (χ0) is 22.6. The number of hydrogen-bond donors (Lipinski definition) is 1. The number of aromatic nitrogens is 2. The van der Waals surface area contributed by atoms with E-state index in [1.165, 1.54) is 57.7 Å². The molecule has 0 bridgehead atoms. The average Bonchev–Trinajstić information content (AvgIpc) is 3.26. The van der Waals surface area contributed by atoms with Crippen molar-refractivity contribution in [3.05, 3.63) is 65.5 Å². The highest BCUT2D eigenvalue weighted by Crippen LogP contribution is 2.29. The Hall–Kier alpha value is -2.38. The average molecular weight is 495 g/mol. The molecule has 0 atom stereocenters. The molecule has 1 aliphatic rings. The topological polar surface area (TPSA) is 101 Å². The summed E-state index contributed by atoms with van der Waals surface area (Å²) in [7, 11) is -3.70. The summed E-state index contributed by atoms with van der Waals surface area (Å²) < 4.78 is 45.8. The largest absolute Gasteiger partial charge is 0.379 e. The van der Waals surface area contributed by atoms with Crippen LogP contribution in [0.15, 0.2) is 57.8 Å². The van der Waals surface area contributed by atoms with Crippen molar-refractivity contribution in [1.82, 2.24) is 14.5 Å². The third-order valence-corrected chi connectivity index (χ3v) is 8.54. The lowest BCUT2D eigenvalue weighted by molar-refractivity contribution is 0.0730. The SMILES string of the molecule is O=C(Nc1nnc(SCc2ccc(F)cc2)s1)c1cccc(S(=O)(=O)N2CCOCC2)c1. The molecule has 8 nitrogen and oxygen atoms in total. The van der Waals surface area contributed by atoms with E-state index in [2.05, 4.69) is 15.5 Å². The second kappa shape index (κ2) is 10.0. The van der Waals surface area contributed by atoms with Gasteiger partial charge in [0.25, 0.3) is 5.91 Å². The number of thioether (sulfide) groups is 1. The van der Waals surface area contributed by atoms with Crippen LogP contribution in [0.5, 0.6) is 0 Å². The van der Waals surface area contributed by atoms with Crippen LogP contribution in [-0.2, 0) is 20.5 Å². The molecular formula is C20H19FN4O4S3. The Kier molecular flexibility index (Phi) is 7.16. The van der Waals surface area contributed by atoms with Crippen molar-refractivity contribution in [2.24, 2.45) is 0 Å². The minimum Gasteiger partial charge on any atom is -0.379 e. The lowest BCUT2D eigenvalue weighted by Gasteiger charge is -2.26. The van der Waals surface area contributed by atoms with E-state index in [0.717, 1.165) is 5.56 Å². The van der Waals surface area contributed by atoms with Crippen molar-refractivity contribution in [1.29, 1.82) is 0 Å². The van der Waals surface area contributed by atoms with Crippen molar-refractivity contribution >= 4 is 44.2 Å². The highest BCUT2D eigenvalue weighted by atomic mass is 32.2. The minimum atomic E-state index is -3.70. The van der Waals surface area contributed by atoms with Gasteiger partial charge in [-0.25, -0.2) is 12.8 Å². The predicted molar refractivity (Wildman–Crippen MR) is 120 cm³/mol. The summed E-state index contributed by atoms with van der Waals surface area (Å²) in [5, 5.41) is 11.0. The van der Waals surface area contributed by atoms with Crippen LogP contribution in [0.1, 0.15) is 15.9 Å². The number of amides is 1. The lowest BCUT2D eigenvalue weighted by Crippen LogP contribution is -2.40. The highest BCUT2D eigenvalue weighted by Gasteiger charge is 2.27. The molecule has 32 heavy (non-hydrogen) atoms. The number of benzene rings is 2. The molecule has 1 aromatic heterocycles. The van der Waals surface area contributed by atoms with Crippen molar-refractivity contribution < 1.29 is 22.3 Å². The summed E-state index contributed by atoms with van der Waals surface area (Å²) in [5.41, 5.74) is 1.14. The molecule has 1 aliphatic heterocycles. The molecule has 0 spiro atoms. The summed E-state index contributed by atoms with van der Waals surface area (Å²) in [6, 6.07) is 12.1.